The van der Waals surface area contributed by atoms with Crippen LogP contribution in [0.5, 0.6) is 5.75 Å². The molecule has 2 saturated heterocycles. The molecule has 2 heterocycles. The number of halogens is 1. The van der Waals surface area contributed by atoms with Gasteiger partial charge in [-0.25, -0.2) is 13.4 Å². The Kier molecular flexibility index (Phi) is 6.14. The maximum absolute atomic E-state index is 14.6. The van der Waals surface area contributed by atoms with Gasteiger partial charge >= 0.3 is 10.2 Å². The Labute approximate surface area is 165 Å². The molecule has 9 heteroatoms. The van der Waals surface area contributed by atoms with E-state index in [1.54, 1.807) is 4.72 Å². The summed E-state index contributed by atoms with van der Waals surface area (Å²) < 4.78 is 40.7. The zero-order valence-corrected chi connectivity index (χ0v) is 17.1. The lowest BCUT2D eigenvalue weighted by atomic mass is 9.97. The summed E-state index contributed by atoms with van der Waals surface area (Å²) in [5.41, 5.74) is 0.109. The Morgan fingerprint density at radius 1 is 1.36 bits per heavy atom. The smallest absolute Gasteiger partial charge is 0.326 e. The first kappa shape index (κ1) is 20.9. The molecular weight excluding hydrogens is 385 g/mol. The summed E-state index contributed by atoms with van der Waals surface area (Å²) in [6.45, 7) is 6.75. The highest BCUT2D eigenvalue weighted by atomic mass is 32.2. The first-order chi connectivity index (χ1) is 13.2. The van der Waals surface area contributed by atoms with Gasteiger partial charge in [-0.15, -0.1) is 0 Å². The van der Waals surface area contributed by atoms with E-state index in [-0.39, 0.29) is 0 Å². The van der Waals surface area contributed by atoms with Gasteiger partial charge in [0.25, 0.3) is 5.91 Å². The van der Waals surface area contributed by atoms with Gasteiger partial charge in [0.15, 0.2) is 5.82 Å². The van der Waals surface area contributed by atoms with E-state index in [9.17, 15) is 22.7 Å². The number of nitrogens with zero attached hydrogens (tertiary/aromatic N) is 2. The van der Waals surface area contributed by atoms with Gasteiger partial charge in [-0.1, -0.05) is 20.3 Å². The highest BCUT2D eigenvalue weighted by Crippen LogP contribution is 2.34. The molecule has 2 aliphatic heterocycles. The molecule has 0 bridgehead atoms. The number of hydrogen-bond acceptors (Lipinski definition) is 5. The summed E-state index contributed by atoms with van der Waals surface area (Å²) in [7, 11) is -4.16. The molecule has 2 fully saturated rings. The number of amides is 1. The number of carbonyl (C=O) groups excluding carboxylic acids is 1. The summed E-state index contributed by atoms with van der Waals surface area (Å²) in [6.07, 6.45) is 4.20. The Morgan fingerprint density at radius 3 is 2.71 bits per heavy atom. The number of likely N-dealkylation sites (tertiary alicyclic amines) is 1. The van der Waals surface area contributed by atoms with Crippen LogP contribution in [0.4, 0.5) is 10.1 Å². The van der Waals surface area contributed by atoms with Crippen molar-refractivity contribution in [1.29, 1.82) is 0 Å². The van der Waals surface area contributed by atoms with Crippen molar-refractivity contribution in [3.8, 4) is 5.75 Å². The molecule has 0 spiro atoms. The zero-order valence-electron chi connectivity index (χ0n) is 16.3. The fraction of sp³-hybridized carbons (Fsp3) is 0.632. The molecule has 0 aromatic heterocycles. The zero-order chi connectivity index (χ0) is 20.5. The van der Waals surface area contributed by atoms with Gasteiger partial charge in [-0.2, -0.15) is 8.42 Å². The molecule has 1 aromatic rings. The van der Waals surface area contributed by atoms with Crippen LogP contribution in [0.25, 0.3) is 0 Å². The third-order valence-corrected chi connectivity index (χ3v) is 6.79. The Hall–Kier alpha value is -1.87. The van der Waals surface area contributed by atoms with Gasteiger partial charge < -0.3 is 10.0 Å². The molecule has 0 aliphatic carbocycles. The standard InChI is InChI=1S/C19H28FN3O4S/c1-13(2)3-4-14-5-7-22(11-14)8-6-15-9-16(20)19(17(24)10-15)23-12-18(25)21-28(23,26)27/h9-10,13-14,24H,3-8,11-12H2,1-2H3,(H,21,25). The van der Waals surface area contributed by atoms with Gasteiger partial charge in [0.05, 0.1) is 0 Å². The van der Waals surface area contributed by atoms with Crippen LogP contribution in [0.15, 0.2) is 12.1 Å². The minimum atomic E-state index is -4.16. The molecule has 156 valence electrons. The summed E-state index contributed by atoms with van der Waals surface area (Å²) in [5, 5.41) is 10.2. The van der Waals surface area contributed by atoms with Crippen LogP contribution in [-0.2, 0) is 21.4 Å². The maximum Gasteiger partial charge on any atom is 0.326 e. The SMILES string of the molecule is CC(C)CCC1CCN(CCc2cc(O)c(N3CC(=O)NS3(=O)=O)c(F)c2)C1. The van der Waals surface area contributed by atoms with Crippen molar-refractivity contribution in [2.75, 3.05) is 30.5 Å². The number of benzene rings is 1. The minimum Gasteiger partial charge on any atom is -0.506 e. The van der Waals surface area contributed by atoms with Crippen LogP contribution < -0.4 is 9.03 Å². The van der Waals surface area contributed by atoms with Crippen molar-refractivity contribution < 1.29 is 22.7 Å². The van der Waals surface area contributed by atoms with E-state index >= 15 is 0 Å². The van der Waals surface area contributed by atoms with Gasteiger partial charge in [0.2, 0.25) is 0 Å². The molecule has 0 saturated carbocycles. The maximum atomic E-state index is 14.6. The monoisotopic (exact) mass is 413 g/mol. The van der Waals surface area contributed by atoms with Crippen molar-refractivity contribution in [1.82, 2.24) is 9.62 Å². The van der Waals surface area contributed by atoms with E-state index in [1.807, 2.05) is 0 Å². The Balaban J connectivity index is 1.62. The largest absolute Gasteiger partial charge is 0.506 e. The number of phenolic OH excluding ortho intramolecular Hbond substituents is 1. The predicted molar refractivity (Wildman–Crippen MR) is 105 cm³/mol. The van der Waals surface area contributed by atoms with Crippen LogP contribution in [0.3, 0.4) is 0 Å². The quantitative estimate of drug-likeness (QED) is 0.714. The lowest BCUT2D eigenvalue weighted by Gasteiger charge is -2.19. The predicted octanol–water partition coefficient (Wildman–Crippen LogP) is 2.01. The number of phenols is 1. The lowest BCUT2D eigenvalue weighted by Crippen LogP contribution is -2.30. The normalized spacial score (nSPS) is 22.2. The topological polar surface area (TPSA) is 89.9 Å². The molecule has 3 rings (SSSR count). The highest BCUT2D eigenvalue weighted by Gasteiger charge is 2.37. The minimum absolute atomic E-state index is 0.480. The molecule has 1 unspecified atom stereocenters. The molecule has 7 nitrogen and oxygen atoms in total. The lowest BCUT2D eigenvalue weighted by molar-refractivity contribution is -0.117. The molecule has 0 radical (unpaired) electrons. The third kappa shape index (κ3) is 4.75. The van der Waals surface area contributed by atoms with Crippen LogP contribution in [0.1, 0.15) is 38.7 Å². The number of carbonyl (C=O) groups is 1. The van der Waals surface area contributed by atoms with E-state index in [2.05, 4.69) is 18.7 Å². The molecule has 1 amide bonds. The van der Waals surface area contributed by atoms with Crippen molar-refractivity contribution >= 4 is 21.8 Å². The number of rotatable bonds is 7. The summed E-state index contributed by atoms with van der Waals surface area (Å²) in [5.74, 6) is -0.676. The van der Waals surface area contributed by atoms with Gasteiger partial charge in [0.1, 0.15) is 18.0 Å². The van der Waals surface area contributed by atoms with Crippen molar-refractivity contribution in [2.24, 2.45) is 11.8 Å². The van der Waals surface area contributed by atoms with Crippen molar-refractivity contribution in [2.45, 2.75) is 39.5 Å². The van der Waals surface area contributed by atoms with Crippen LogP contribution in [0, 0.1) is 17.7 Å². The van der Waals surface area contributed by atoms with Crippen LogP contribution in [-0.4, -0.2) is 50.5 Å². The average molecular weight is 414 g/mol. The van der Waals surface area contributed by atoms with E-state index in [0.717, 1.165) is 19.6 Å². The number of nitrogens with one attached hydrogen (secondary N) is 1. The van der Waals surface area contributed by atoms with E-state index in [0.29, 0.717) is 28.1 Å². The summed E-state index contributed by atoms with van der Waals surface area (Å²) in [4.78, 5) is 13.7. The molecule has 28 heavy (non-hydrogen) atoms. The van der Waals surface area contributed by atoms with Crippen LogP contribution in [0.2, 0.25) is 0 Å². The van der Waals surface area contributed by atoms with E-state index < -0.39 is 39.9 Å². The highest BCUT2D eigenvalue weighted by molar-refractivity contribution is 7.92. The fourth-order valence-electron chi connectivity index (χ4n) is 3.88. The summed E-state index contributed by atoms with van der Waals surface area (Å²) in [6, 6.07) is 2.61. The first-order valence-corrected chi connectivity index (χ1v) is 11.2. The molecule has 2 N–H and O–H groups in total. The van der Waals surface area contributed by atoms with Gasteiger partial charge in [0, 0.05) is 13.1 Å². The van der Waals surface area contributed by atoms with Gasteiger partial charge in [-0.05, 0) is 55.3 Å². The molecular formula is C19H28FN3O4S. The van der Waals surface area contributed by atoms with E-state index in [1.165, 1.54) is 31.4 Å². The van der Waals surface area contributed by atoms with Crippen molar-refractivity contribution in [3.63, 3.8) is 0 Å². The number of anilines is 1. The fourth-order valence-corrected chi connectivity index (χ4v) is 5.05. The second-order valence-corrected chi connectivity index (χ2v) is 9.75. The second-order valence-electron chi connectivity index (χ2n) is 8.16. The Morgan fingerprint density at radius 2 is 2.11 bits per heavy atom. The van der Waals surface area contributed by atoms with Crippen LogP contribution >= 0.6 is 0 Å². The van der Waals surface area contributed by atoms with Crippen molar-refractivity contribution in [3.05, 3.63) is 23.5 Å². The molecule has 1 atom stereocenters. The van der Waals surface area contributed by atoms with Gasteiger partial charge in [-0.3, -0.25) is 4.79 Å². The first-order valence-electron chi connectivity index (χ1n) is 9.72. The van der Waals surface area contributed by atoms with E-state index in [4.69, 9.17) is 0 Å². The molecule has 2 aliphatic rings. The average Bonchev–Trinajstić information content (AvgIpc) is 3.14. The third-order valence-electron chi connectivity index (χ3n) is 5.41. The second kappa shape index (κ2) is 8.24. The molecule has 1 aromatic carbocycles. The number of hydrogen-bond donors (Lipinski definition) is 2. The Bertz CT molecular complexity index is 821. The number of aromatic hydroxyl groups is 1. The summed E-state index contributed by atoms with van der Waals surface area (Å²) >= 11 is 0.